The maximum atomic E-state index is 13.2. The highest BCUT2D eigenvalue weighted by molar-refractivity contribution is 5.95. The molecule has 1 saturated carbocycles. The Morgan fingerprint density at radius 2 is 2.04 bits per heavy atom. The number of piperidine rings is 1. The molecule has 2 bridgehead atoms. The summed E-state index contributed by atoms with van der Waals surface area (Å²) in [6, 6.07) is 0.564. The zero-order chi connectivity index (χ0) is 17.4. The van der Waals surface area contributed by atoms with Crippen LogP contribution in [0.25, 0.3) is 0 Å². The molecule has 0 radical (unpaired) electrons. The maximum absolute atomic E-state index is 13.2. The van der Waals surface area contributed by atoms with Crippen LogP contribution in [0.1, 0.15) is 61.5 Å². The molecule has 5 rings (SSSR count). The number of hydrogen-bond donors (Lipinski definition) is 0. The normalized spacial score (nSPS) is 27.4. The monoisotopic (exact) mass is 344 g/mol. The van der Waals surface area contributed by atoms with E-state index in [2.05, 4.69) is 21.8 Å². The molecule has 0 N–H and O–H groups in total. The Hall–Kier alpha value is -1.36. The van der Waals surface area contributed by atoms with Gasteiger partial charge in [0.05, 0.1) is 11.8 Å². The molecule has 1 aromatic rings. The summed E-state index contributed by atoms with van der Waals surface area (Å²) in [5.41, 5.74) is 1.83. The SMILES string of the molecule is CCCn1ncc(C(=O)N2C[C@H]3CC[C@@H](C2)N(CC2CCC2)C3)c1C. The number of carbonyl (C=O) groups excluding carboxylic acids is 1. The lowest BCUT2D eigenvalue weighted by atomic mass is 9.83. The molecule has 0 spiro atoms. The average Bonchev–Trinajstić information content (AvgIpc) is 2.75. The van der Waals surface area contributed by atoms with Crippen molar-refractivity contribution >= 4 is 5.91 Å². The van der Waals surface area contributed by atoms with Crippen LogP contribution in [0, 0.1) is 18.8 Å². The van der Waals surface area contributed by atoms with E-state index in [1.165, 1.54) is 45.2 Å². The first-order chi connectivity index (χ1) is 12.2. The van der Waals surface area contributed by atoms with E-state index in [0.717, 1.165) is 43.2 Å². The van der Waals surface area contributed by atoms with E-state index in [1.54, 1.807) is 6.20 Å². The van der Waals surface area contributed by atoms with Gasteiger partial charge in [-0.15, -0.1) is 0 Å². The fourth-order valence-electron chi connectivity index (χ4n) is 4.84. The second-order valence-electron chi connectivity index (χ2n) is 8.42. The van der Waals surface area contributed by atoms with E-state index in [4.69, 9.17) is 0 Å². The summed E-state index contributed by atoms with van der Waals surface area (Å²) in [6.45, 7) is 9.35. The van der Waals surface area contributed by atoms with Gasteiger partial charge in [-0.1, -0.05) is 13.3 Å². The van der Waals surface area contributed by atoms with Crippen LogP contribution < -0.4 is 0 Å². The van der Waals surface area contributed by atoms with E-state index in [-0.39, 0.29) is 5.91 Å². The topological polar surface area (TPSA) is 41.4 Å². The molecular formula is C20H32N4O. The number of aryl methyl sites for hydroxylation is 1. The van der Waals surface area contributed by atoms with Gasteiger partial charge < -0.3 is 4.90 Å². The van der Waals surface area contributed by atoms with Gasteiger partial charge in [-0.2, -0.15) is 5.10 Å². The zero-order valence-corrected chi connectivity index (χ0v) is 15.8. The molecule has 0 aromatic carbocycles. The highest BCUT2D eigenvalue weighted by Gasteiger charge is 2.38. The molecule has 3 saturated heterocycles. The summed E-state index contributed by atoms with van der Waals surface area (Å²) in [6.07, 6.45) is 9.60. The molecule has 5 nitrogen and oxygen atoms in total. The summed E-state index contributed by atoms with van der Waals surface area (Å²) in [4.78, 5) is 18.0. The van der Waals surface area contributed by atoms with Crippen molar-refractivity contribution in [2.45, 2.75) is 65.0 Å². The highest BCUT2D eigenvalue weighted by Crippen LogP contribution is 2.33. The van der Waals surface area contributed by atoms with Crippen molar-refractivity contribution in [1.29, 1.82) is 0 Å². The van der Waals surface area contributed by atoms with E-state index >= 15 is 0 Å². The van der Waals surface area contributed by atoms with E-state index < -0.39 is 0 Å². The van der Waals surface area contributed by atoms with Crippen LogP contribution in [-0.4, -0.2) is 57.7 Å². The van der Waals surface area contributed by atoms with Crippen LogP contribution in [0.15, 0.2) is 6.20 Å². The fourth-order valence-corrected chi connectivity index (χ4v) is 4.84. The molecule has 4 heterocycles. The van der Waals surface area contributed by atoms with Crippen molar-refractivity contribution in [2.75, 3.05) is 26.2 Å². The van der Waals surface area contributed by atoms with Gasteiger partial charge in [0.1, 0.15) is 0 Å². The average molecular weight is 345 g/mol. The number of amides is 1. The molecule has 3 aliphatic heterocycles. The van der Waals surface area contributed by atoms with Crippen LogP contribution >= 0.6 is 0 Å². The summed E-state index contributed by atoms with van der Waals surface area (Å²) in [7, 11) is 0. The van der Waals surface area contributed by atoms with Crippen LogP contribution in [-0.2, 0) is 6.54 Å². The fraction of sp³-hybridized carbons (Fsp3) is 0.800. The van der Waals surface area contributed by atoms with Crippen molar-refractivity contribution < 1.29 is 4.79 Å². The zero-order valence-electron chi connectivity index (χ0n) is 15.8. The molecule has 1 aromatic heterocycles. The minimum absolute atomic E-state index is 0.197. The third-order valence-corrected chi connectivity index (χ3v) is 6.60. The van der Waals surface area contributed by atoms with Crippen molar-refractivity contribution in [2.24, 2.45) is 11.8 Å². The number of aromatic nitrogens is 2. The van der Waals surface area contributed by atoms with E-state index in [1.807, 2.05) is 11.6 Å². The quantitative estimate of drug-likeness (QED) is 0.825. The van der Waals surface area contributed by atoms with Crippen LogP contribution in [0.4, 0.5) is 0 Å². The molecule has 4 fully saturated rings. The van der Waals surface area contributed by atoms with E-state index in [9.17, 15) is 4.79 Å². The summed E-state index contributed by atoms with van der Waals surface area (Å²) < 4.78 is 1.97. The molecule has 2 atom stereocenters. The Balaban J connectivity index is 1.47. The Bertz CT molecular complexity index is 621. The van der Waals surface area contributed by atoms with Gasteiger partial charge in [-0.25, -0.2) is 0 Å². The Morgan fingerprint density at radius 3 is 2.76 bits per heavy atom. The van der Waals surface area contributed by atoms with Gasteiger partial charge in [-0.05, 0) is 50.9 Å². The first kappa shape index (κ1) is 17.1. The molecule has 4 aliphatic rings. The lowest BCUT2D eigenvalue weighted by Crippen LogP contribution is -2.47. The molecular weight excluding hydrogens is 312 g/mol. The first-order valence-corrected chi connectivity index (χ1v) is 10.2. The molecule has 138 valence electrons. The van der Waals surface area contributed by atoms with Gasteiger partial charge >= 0.3 is 0 Å². The van der Waals surface area contributed by atoms with Crippen molar-refractivity contribution in [1.82, 2.24) is 19.6 Å². The summed E-state index contributed by atoms with van der Waals surface area (Å²) in [5.74, 6) is 1.76. The van der Waals surface area contributed by atoms with Gasteiger partial charge in [-0.3, -0.25) is 14.4 Å². The molecule has 1 amide bonds. The third kappa shape index (κ3) is 3.35. The van der Waals surface area contributed by atoms with Gasteiger partial charge in [0.15, 0.2) is 0 Å². The van der Waals surface area contributed by atoms with Crippen LogP contribution in [0.2, 0.25) is 0 Å². The van der Waals surface area contributed by atoms with Crippen LogP contribution in [0.3, 0.4) is 0 Å². The second kappa shape index (κ2) is 7.10. The first-order valence-electron chi connectivity index (χ1n) is 10.2. The predicted molar refractivity (Wildman–Crippen MR) is 98.6 cm³/mol. The summed E-state index contributed by atoms with van der Waals surface area (Å²) in [5, 5.41) is 4.43. The second-order valence-corrected chi connectivity index (χ2v) is 8.42. The van der Waals surface area contributed by atoms with Crippen molar-refractivity contribution in [3.8, 4) is 0 Å². The third-order valence-electron chi connectivity index (χ3n) is 6.60. The number of hydrogen-bond acceptors (Lipinski definition) is 3. The largest absolute Gasteiger partial charge is 0.337 e. The lowest BCUT2D eigenvalue weighted by molar-refractivity contribution is 0.0716. The number of rotatable bonds is 5. The highest BCUT2D eigenvalue weighted by atomic mass is 16.2. The van der Waals surface area contributed by atoms with Gasteiger partial charge in [0, 0.05) is 44.5 Å². The number of nitrogens with zero attached hydrogens (tertiary/aromatic N) is 4. The van der Waals surface area contributed by atoms with Crippen LogP contribution in [0.5, 0.6) is 0 Å². The minimum Gasteiger partial charge on any atom is -0.337 e. The number of carbonyl (C=O) groups is 1. The van der Waals surface area contributed by atoms with E-state index in [0.29, 0.717) is 12.0 Å². The molecule has 5 heteroatoms. The lowest BCUT2D eigenvalue weighted by Gasteiger charge is -2.40. The Kier molecular flexibility index (Phi) is 4.85. The number of fused-ring (bicyclic) bond motifs is 4. The Morgan fingerprint density at radius 1 is 1.20 bits per heavy atom. The summed E-state index contributed by atoms with van der Waals surface area (Å²) >= 11 is 0. The molecule has 25 heavy (non-hydrogen) atoms. The minimum atomic E-state index is 0.197. The molecule has 0 unspecified atom stereocenters. The predicted octanol–water partition coefficient (Wildman–Crippen LogP) is 2.94. The van der Waals surface area contributed by atoms with Gasteiger partial charge in [0.25, 0.3) is 5.91 Å². The van der Waals surface area contributed by atoms with Crippen molar-refractivity contribution in [3.63, 3.8) is 0 Å². The molecule has 1 aliphatic carbocycles. The standard InChI is InChI=1S/C20H32N4O/c1-3-9-24-15(2)19(10-21-24)20(25)23-13-17-7-8-18(14-23)22(12-17)11-16-5-4-6-16/h10,16-18H,3-9,11-14H2,1-2H3/t17-,18-/m0/s1. The smallest absolute Gasteiger partial charge is 0.257 e. The van der Waals surface area contributed by atoms with Crippen molar-refractivity contribution in [3.05, 3.63) is 17.5 Å². The maximum Gasteiger partial charge on any atom is 0.257 e. The van der Waals surface area contributed by atoms with Gasteiger partial charge in [0.2, 0.25) is 0 Å². The Labute approximate surface area is 151 Å².